The van der Waals surface area contributed by atoms with Gasteiger partial charge in [0.2, 0.25) is 0 Å². The highest BCUT2D eigenvalue weighted by Crippen LogP contribution is 2.33. The van der Waals surface area contributed by atoms with Gasteiger partial charge in [0.05, 0.1) is 23.2 Å². The Balaban J connectivity index is 2.59. The van der Waals surface area contributed by atoms with E-state index >= 15 is 0 Å². The van der Waals surface area contributed by atoms with Gasteiger partial charge >= 0.3 is 0 Å². The van der Waals surface area contributed by atoms with E-state index in [1.165, 1.54) is 0 Å². The molecule has 0 fully saturated rings. The zero-order valence-electron chi connectivity index (χ0n) is 6.66. The fourth-order valence-electron chi connectivity index (χ4n) is 1.14. The van der Waals surface area contributed by atoms with Gasteiger partial charge in [-0.15, -0.1) is 0 Å². The number of nitrogens with one attached hydrogen (secondary N) is 1. The third kappa shape index (κ3) is 1.38. The molecule has 4 heteroatoms. The molecule has 0 spiro atoms. The van der Waals surface area contributed by atoms with Crippen LogP contribution in [-0.2, 0) is 0 Å². The Morgan fingerprint density at radius 3 is 2.92 bits per heavy atom. The number of aromatic amines is 1. The predicted molar refractivity (Wildman–Crippen MR) is 50.7 cm³/mol. The minimum absolute atomic E-state index is 0.0772. The second-order valence-electron chi connectivity index (χ2n) is 2.60. The molecule has 1 heterocycles. The molecule has 1 aromatic carbocycles. The maximum atomic E-state index is 9.59. The molecule has 0 atom stereocenters. The van der Waals surface area contributed by atoms with Crippen molar-refractivity contribution in [2.24, 2.45) is 0 Å². The molecule has 2 aromatic rings. The minimum Gasteiger partial charge on any atom is -0.506 e. The van der Waals surface area contributed by atoms with E-state index in [9.17, 15) is 5.11 Å². The van der Waals surface area contributed by atoms with E-state index in [1.807, 2.05) is 0 Å². The number of halogens is 1. The predicted octanol–water partition coefficient (Wildman–Crippen LogP) is 2.44. The highest BCUT2D eigenvalue weighted by molar-refractivity contribution is 6.32. The number of phenols is 1. The number of rotatable bonds is 1. The average Bonchev–Trinajstić information content (AvgIpc) is 2.62. The second kappa shape index (κ2) is 3.11. The number of phenolic OH excluding ortho intramolecular Hbond substituents is 1. The lowest BCUT2D eigenvalue weighted by Gasteiger charge is -2.02. The summed E-state index contributed by atoms with van der Waals surface area (Å²) in [5, 5.41) is 9.93. The van der Waals surface area contributed by atoms with Gasteiger partial charge in [-0.25, -0.2) is 4.98 Å². The maximum Gasteiger partial charge on any atom is 0.143 e. The van der Waals surface area contributed by atoms with E-state index in [1.54, 1.807) is 30.7 Å². The normalized spacial score (nSPS) is 10.2. The molecule has 2 rings (SSSR count). The van der Waals surface area contributed by atoms with Gasteiger partial charge in [-0.3, -0.25) is 0 Å². The molecule has 2 N–H and O–H groups in total. The third-order valence-corrected chi connectivity index (χ3v) is 2.08. The van der Waals surface area contributed by atoms with Crippen molar-refractivity contribution in [3.8, 4) is 17.0 Å². The molecular weight excluding hydrogens is 188 g/mol. The first-order valence-electron chi connectivity index (χ1n) is 3.75. The first kappa shape index (κ1) is 8.13. The minimum atomic E-state index is 0.0772. The highest BCUT2D eigenvalue weighted by Gasteiger charge is 2.07. The fraction of sp³-hybridized carbons (Fsp3) is 0. The number of para-hydroxylation sites is 1. The van der Waals surface area contributed by atoms with Gasteiger partial charge in [0, 0.05) is 5.56 Å². The van der Waals surface area contributed by atoms with E-state index in [4.69, 9.17) is 11.6 Å². The largest absolute Gasteiger partial charge is 0.506 e. The van der Waals surface area contributed by atoms with Crippen LogP contribution in [0.25, 0.3) is 11.3 Å². The van der Waals surface area contributed by atoms with Crippen LogP contribution >= 0.6 is 11.6 Å². The number of nitrogens with zero attached hydrogens (tertiary/aromatic N) is 1. The quantitative estimate of drug-likeness (QED) is 0.733. The lowest BCUT2D eigenvalue weighted by Crippen LogP contribution is -1.78. The van der Waals surface area contributed by atoms with E-state index in [0.717, 1.165) is 5.69 Å². The van der Waals surface area contributed by atoms with Crippen LogP contribution in [0.5, 0.6) is 5.75 Å². The Hall–Kier alpha value is -1.48. The van der Waals surface area contributed by atoms with Crippen LogP contribution < -0.4 is 0 Å². The van der Waals surface area contributed by atoms with Gasteiger partial charge in [-0.1, -0.05) is 17.7 Å². The summed E-state index contributed by atoms with van der Waals surface area (Å²) < 4.78 is 0. The van der Waals surface area contributed by atoms with Crippen LogP contribution in [0.15, 0.2) is 30.7 Å². The van der Waals surface area contributed by atoms with Gasteiger partial charge in [0.15, 0.2) is 0 Å². The zero-order chi connectivity index (χ0) is 9.26. The topological polar surface area (TPSA) is 48.9 Å². The van der Waals surface area contributed by atoms with Crippen molar-refractivity contribution in [3.63, 3.8) is 0 Å². The summed E-state index contributed by atoms with van der Waals surface area (Å²) in [4.78, 5) is 6.75. The van der Waals surface area contributed by atoms with E-state index in [0.29, 0.717) is 10.6 Å². The molecule has 0 unspecified atom stereocenters. The molecule has 3 nitrogen and oxygen atoms in total. The molecule has 0 radical (unpaired) electrons. The third-order valence-electron chi connectivity index (χ3n) is 1.78. The summed E-state index contributed by atoms with van der Waals surface area (Å²) in [7, 11) is 0. The van der Waals surface area contributed by atoms with Crippen molar-refractivity contribution in [1.82, 2.24) is 9.97 Å². The van der Waals surface area contributed by atoms with Gasteiger partial charge < -0.3 is 10.1 Å². The number of aromatic hydroxyl groups is 1. The van der Waals surface area contributed by atoms with Crippen molar-refractivity contribution in [2.75, 3.05) is 0 Å². The SMILES string of the molecule is Oc1c(Cl)cccc1-c1cnc[nH]1. The molecule has 0 aliphatic heterocycles. The zero-order valence-corrected chi connectivity index (χ0v) is 7.42. The summed E-state index contributed by atoms with van der Waals surface area (Å²) in [5.41, 5.74) is 1.41. The monoisotopic (exact) mass is 194 g/mol. The summed E-state index contributed by atoms with van der Waals surface area (Å²) in [6, 6.07) is 5.18. The van der Waals surface area contributed by atoms with Gasteiger partial charge in [0.1, 0.15) is 5.75 Å². The van der Waals surface area contributed by atoms with Crippen LogP contribution in [0.1, 0.15) is 0 Å². The molecule has 0 aliphatic carbocycles. The Kier molecular flexibility index (Phi) is 1.94. The van der Waals surface area contributed by atoms with Crippen molar-refractivity contribution in [1.29, 1.82) is 0 Å². The van der Waals surface area contributed by atoms with Crippen molar-refractivity contribution >= 4 is 11.6 Å². The van der Waals surface area contributed by atoms with E-state index in [2.05, 4.69) is 9.97 Å². The molecule has 0 saturated heterocycles. The lowest BCUT2D eigenvalue weighted by atomic mass is 10.1. The molecule has 66 valence electrons. The Morgan fingerprint density at radius 1 is 1.38 bits per heavy atom. The second-order valence-corrected chi connectivity index (χ2v) is 3.01. The molecule has 13 heavy (non-hydrogen) atoms. The summed E-state index contributed by atoms with van der Waals surface area (Å²) in [5.74, 6) is 0.0772. The van der Waals surface area contributed by atoms with E-state index in [-0.39, 0.29) is 5.75 Å². The van der Waals surface area contributed by atoms with Gasteiger partial charge in [-0.2, -0.15) is 0 Å². The smallest absolute Gasteiger partial charge is 0.143 e. The highest BCUT2D eigenvalue weighted by atomic mass is 35.5. The first-order valence-corrected chi connectivity index (χ1v) is 4.13. The summed E-state index contributed by atoms with van der Waals surface area (Å²) in [6.45, 7) is 0. The van der Waals surface area contributed by atoms with E-state index < -0.39 is 0 Å². The summed E-state index contributed by atoms with van der Waals surface area (Å²) >= 11 is 5.75. The molecule has 0 bridgehead atoms. The molecular formula is C9H7ClN2O. The van der Waals surface area contributed by atoms with Crippen LogP contribution in [0.2, 0.25) is 5.02 Å². The number of hydrogen-bond donors (Lipinski definition) is 2. The van der Waals surface area contributed by atoms with Crippen LogP contribution in [-0.4, -0.2) is 15.1 Å². The van der Waals surface area contributed by atoms with Crippen LogP contribution in [0.3, 0.4) is 0 Å². The number of aromatic nitrogens is 2. The molecule has 0 saturated carbocycles. The molecule has 0 amide bonds. The summed E-state index contributed by atoms with van der Waals surface area (Å²) in [6.07, 6.45) is 3.18. The Bertz CT molecular complexity index is 412. The maximum absolute atomic E-state index is 9.59. The Morgan fingerprint density at radius 2 is 2.23 bits per heavy atom. The van der Waals surface area contributed by atoms with Gasteiger partial charge in [0.25, 0.3) is 0 Å². The van der Waals surface area contributed by atoms with Crippen LogP contribution in [0.4, 0.5) is 0 Å². The fourth-order valence-corrected chi connectivity index (χ4v) is 1.31. The first-order chi connectivity index (χ1) is 6.29. The van der Waals surface area contributed by atoms with Gasteiger partial charge in [-0.05, 0) is 12.1 Å². The van der Waals surface area contributed by atoms with Crippen LogP contribution in [0, 0.1) is 0 Å². The molecule has 0 aliphatic rings. The average molecular weight is 195 g/mol. The lowest BCUT2D eigenvalue weighted by molar-refractivity contribution is 0.477. The van der Waals surface area contributed by atoms with Crippen molar-refractivity contribution in [2.45, 2.75) is 0 Å². The Labute approximate surface area is 80.0 Å². The van der Waals surface area contributed by atoms with Crippen molar-refractivity contribution in [3.05, 3.63) is 35.7 Å². The van der Waals surface area contributed by atoms with Crippen molar-refractivity contribution < 1.29 is 5.11 Å². The number of hydrogen-bond acceptors (Lipinski definition) is 2. The number of H-pyrrole nitrogens is 1. The molecule has 1 aromatic heterocycles. The number of imidazole rings is 1. The standard InChI is InChI=1S/C9H7ClN2O/c10-7-3-1-2-6(9(7)13)8-4-11-5-12-8/h1-5,13H,(H,11,12). The number of benzene rings is 1.